The molecule has 0 aromatic carbocycles. The predicted molar refractivity (Wildman–Crippen MR) is 47.2 cm³/mol. The van der Waals surface area contributed by atoms with Crippen LogP contribution in [0.25, 0.3) is 0 Å². The molecule has 0 amide bonds. The third-order valence-corrected chi connectivity index (χ3v) is 1.64. The molecule has 0 spiro atoms. The average Bonchev–Trinajstić information content (AvgIpc) is 1.85. The highest BCUT2D eigenvalue weighted by atomic mass is 79.9. The molecule has 4 heteroatoms. The fraction of sp³-hybridized carbons (Fsp3) is 0.429. The lowest BCUT2D eigenvalue weighted by Crippen LogP contribution is -2.05. The van der Waals surface area contributed by atoms with Crippen molar-refractivity contribution >= 4 is 15.9 Å². The molecule has 2 N–H and O–H groups in total. The molecule has 0 saturated heterocycles. The third kappa shape index (κ3) is 2.55. The zero-order valence-electron chi connectivity index (χ0n) is 6.34. The van der Waals surface area contributed by atoms with Gasteiger partial charge in [-0.25, -0.2) is 9.97 Å². The number of halogens is 1. The lowest BCUT2D eigenvalue weighted by molar-refractivity contribution is 0.887. The Balaban J connectivity index is 2.89. The van der Waals surface area contributed by atoms with E-state index in [9.17, 15) is 0 Å². The predicted octanol–water partition coefficient (Wildman–Crippen LogP) is 1.05. The Kier molecular flexibility index (Phi) is 2.96. The van der Waals surface area contributed by atoms with Crippen molar-refractivity contribution in [2.24, 2.45) is 5.73 Å². The molecule has 1 rings (SSSR count). The van der Waals surface area contributed by atoms with Gasteiger partial charge in [0.05, 0.1) is 0 Å². The monoisotopic (exact) mass is 215 g/mol. The molecule has 0 fully saturated rings. The first-order chi connectivity index (χ1) is 5.22. The lowest BCUT2D eigenvalue weighted by Gasteiger charge is -1.99. The Morgan fingerprint density at radius 2 is 2.27 bits per heavy atom. The van der Waals surface area contributed by atoms with Gasteiger partial charge in [0.25, 0.3) is 0 Å². The molecule has 0 aliphatic carbocycles. The molecule has 0 aliphatic heterocycles. The Bertz CT molecular complexity index is 229. The van der Waals surface area contributed by atoms with Gasteiger partial charge in [-0.2, -0.15) is 0 Å². The van der Waals surface area contributed by atoms with E-state index in [1.54, 1.807) is 0 Å². The zero-order chi connectivity index (χ0) is 8.27. The van der Waals surface area contributed by atoms with Gasteiger partial charge >= 0.3 is 0 Å². The maximum absolute atomic E-state index is 5.38. The zero-order valence-corrected chi connectivity index (χ0v) is 7.93. The molecular formula is C7H10BrN3. The topological polar surface area (TPSA) is 51.8 Å². The minimum atomic E-state index is 0.628. The fourth-order valence-electron chi connectivity index (χ4n) is 0.871. The van der Waals surface area contributed by atoms with Crippen molar-refractivity contribution in [3.8, 4) is 0 Å². The molecule has 60 valence electrons. The third-order valence-electron chi connectivity index (χ3n) is 1.28. The molecule has 0 bridgehead atoms. The smallest absolute Gasteiger partial charge is 0.197 e. The van der Waals surface area contributed by atoms with Gasteiger partial charge in [0.1, 0.15) is 0 Å². The standard InChI is InChI=1S/C7H10BrN3/c1-5-4-6(2-3-9)11-7(8)10-5/h4H,2-3,9H2,1H3. The van der Waals surface area contributed by atoms with Crippen molar-refractivity contribution in [2.75, 3.05) is 6.54 Å². The van der Waals surface area contributed by atoms with Crippen LogP contribution in [0.15, 0.2) is 10.8 Å². The minimum Gasteiger partial charge on any atom is -0.330 e. The van der Waals surface area contributed by atoms with Crippen LogP contribution in [0.4, 0.5) is 0 Å². The summed E-state index contributed by atoms with van der Waals surface area (Å²) in [6.07, 6.45) is 0.807. The SMILES string of the molecule is Cc1cc(CCN)nc(Br)n1. The van der Waals surface area contributed by atoms with Crippen molar-refractivity contribution in [3.63, 3.8) is 0 Å². The van der Waals surface area contributed by atoms with Crippen LogP contribution in [0.2, 0.25) is 0 Å². The van der Waals surface area contributed by atoms with E-state index in [4.69, 9.17) is 5.73 Å². The Labute approximate surface area is 74.2 Å². The van der Waals surface area contributed by atoms with Crippen molar-refractivity contribution in [3.05, 3.63) is 22.2 Å². The maximum Gasteiger partial charge on any atom is 0.197 e. The molecule has 0 aliphatic rings. The molecule has 0 atom stereocenters. The first-order valence-corrected chi connectivity index (χ1v) is 4.22. The van der Waals surface area contributed by atoms with Crippen LogP contribution in [-0.2, 0) is 6.42 Å². The number of rotatable bonds is 2. The molecule has 0 unspecified atom stereocenters. The molecule has 0 saturated carbocycles. The lowest BCUT2D eigenvalue weighted by atomic mass is 10.3. The van der Waals surface area contributed by atoms with Gasteiger partial charge < -0.3 is 5.73 Å². The van der Waals surface area contributed by atoms with E-state index in [-0.39, 0.29) is 0 Å². The highest BCUT2D eigenvalue weighted by molar-refractivity contribution is 9.10. The number of hydrogen-bond acceptors (Lipinski definition) is 3. The summed E-state index contributed by atoms with van der Waals surface area (Å²) in [7, 11) is 0. The van der Waals surface area contributed by atoms with Gasteiger partial charge in [-0.05, 0) is 35.5 Å². The van der Waals surface area contributed by atoms with E-state index in [1.807, 2.05) is 13.0 Å². The van der Waals surface area contributed by atoms with Gasteiger partial charge in [0.15, 0.2) is 4.73 Å². The van der Waals surface area contributed by atoms with Crippen molar-refractivity contribution < 1.29 is 0 Å². The molecular weight excluding hydrogens is 206 g/mol. The minimum absolute atomic E-state index is 0.628. The normalized spacial score (nSPS) is 10.1. The summed E-state index contributed by atoms with van der Waals surface area (Å²) in [6, 6.07) is 1.94. The quantitative estimate of drug-likeness (QED) is 0.751. The van der Waals surface area contributed by atoms with E-state index in [2.05, 4.69) is 25.9 Å². The molecule has 1 heterocycles. The molecule has 11 heavy (non-hydrogen) atoms. The number of aromatic nitrogens is 2. The fourth-order valence-corrected chi connectivity index (χ4v) is 1.38. The highest BCUT2D eigenvalue weighted by Gasteiger charge is 1.97. The van der Waals surface area contributed by atoms with Crippen molar-refractivity contribution in [2.45, 2.75) is 13.3 Å². The van der Waals surface area contributed by atoms with E-state index in [0.717, 1.165) is 17.8 Å². The van der Waals surface area contributed by atoms with Gasteiger partial charge in [-0.3, -0.25) is 0 Å². The Hall–Kier alpha value is -0.480. The van der Waals surface area contributed by atoms with E-state index >= 15 is 0 Å². The highest BCUT2D eigenvalue weighted by Crippen LogP contribution is 2.05. The number of nitrogens with two attached hydrogens (primary N) is 1. The summed E-state index contributed by atoms with van der Waals surface area (Å²) in [5.41, 5.74) is 7.35. The molecule has 3 nitrogen and oxygen atoms in total. The molecule has 0 radical (unpaired) electrons. The summed E-state index contributed by atoms with van der Waals surface area (Å²) in [6.45, 7) is 2.56. The second-order valence-electron chi connectivity index (χ2n) is 2.31. The largest absolute Gasteiger partial charge is 0.330 e. The van der Waals surface area contributed by atoms with Gasteiger partial charge in [-0.1, -0.05) is 0 Å². The summed E-state index contributed by atoms with van der Waals surface area (Å²) in [4.78, 5) is 8.23. The summed E-state index contributed by atoms with van der Waals surface area (Å²) < 4.78 is 0.640. The van der Waals surface area contributed by atoms with Crippen LogP contribution in [0.3, 0.4) is 0 Å². The van der Waals surface area contributed by atoms with E-state index < -0.39 is 0 Å². The van der Waals surface area contributed by atoms with Gasteiger partial charge in [-0.15, -0.1) is 0 Å². The molecule has 1 aromatic heterocycles. The van der Waals surface area contributed by atoms with Crippen LogP contribution in [0, 0.1) is 6.92 Å². The summed E-state index contributed by atoms with van der Waals surface area (Å²) in [5, 5.41) is 0. The Morgan fingerprint density at radius 3 is 2.82 bits per heavy atom. The second kappa shape index (κ2) is 3.78. The Morgan fingerprint density at radius 1 is 1.55 bits per heavy atom. The van der Waals surface area contributed by atoms with Crippen LogP contribution < -0.4 is 5.73 Å². The van der Waals surface area contributed by atoms with E-state index in [0.29, 0.717) is 11.3 Å². The van der Waals surface area contributed by atoms with E-state index in [1.165, 1.54) is 0 Å². The number of nitrogens with zero attached hydrogens (tertiary/aromatic N) is 2. The summed E-state index contributed by atoms with van der Waals surface area (Å²) in [5.74, 6) is 0. The van der Waals surface area contributed by atoms with Gasteiger partial charge in [0.2, 0.25) is 0 Å². The first kappa shape index (κ1) is 8.62. The average molecular weight is 216 g/mol. The number of aryl methyl sites for hydroxylation is 1. The van der Waals surface area contributed by atoms with Crippen LogP contribution in [-0.4, -0.2) is 16.5 Å². The van der Waals surface area contributed by atoms with Crippen LogP contribution in [0.5, 0.6) is 0 Å². The van der Waals surface area contributed by atoms with Crippen molar-refractivity contribution in [1.82, 2.24) is 9.97 Å². The van der Waals surface area contributed by atoms with Crippen LogP contribution in [0.1, 0.15) is 11.4 Å². The van der Waals surface area contributed by atoms with Gasteiger partial charge in [0, 0.05) is 17.8 Å². The second-order valence-corrected chi connectivity index (χ2v) is 3.02. The number of hydrogen-bond donors (Lipinski definition) is 1. The first-order valence-electron chi connectivity index (χ1n) is 3.42. The van der Waals surface area contributed by atoms with Crippen LogP contribution >= 0.6 is 15.9 Å². The van der Waals surface area contributed by atoms with Crippen molar-refractivity contribution in [1.29, 1.82) is 0 Å². The summed E-state index contributed by atoms with van der Waals surface area (Å²) >= 11 is 3.22. The molecule has 1 aromatic rings. The maximum atomic E-state index is 5.38.